The molecule has 8 heteroatoms. The monoisotopic (exact) mass is 450 g/mol. The SMILES string of the molecule is COc1ccccc1C(CNC(=O)c1ccc(COCC(F)(F)F)cc1)N1CCCCC1. The third-order valence-electron chi connectivity index (χ3n) is 5.54. The normalized spacial score (nSPS) is 15.9. The molecule has 1 amide bonds. The second-order valence-electron chi connectivity index (χ2n) is 7.87. The molecule has 1 fully saturated rings. The first kappa shape index (κ1) is 24.1. The van der Waals surface area contributed by atoms with E-state index in [1.165, 1.54) is 6.42 Å². The second kappa shape index (κ2) is 11.3. The summed E-state index contributed by atoms with van der Waals surface area (Å²) in [4.78, 5) is 15.1. The van der Waals surface area contributed by atoms with Crippen molar-refractivity contribution in [1.29, 1.82) is 0 Å². The Hall–Kier alpha value is -2.58. The summed E-state index contributed by atoms with van der Waals surface area (Å²) in [6.07, 6.45) is -0.901. The Morgan fingerprint density at radius 3 is 2.41 bits per heavy atom. The number of hydrogen-bond donors (Lipinski definition) is 1. The summed E-state index contributed by atoms with van der Waals surface area (Å²) in [7, 11) is 1.64. The number of hydrogen-bond acceptors (Lipinski definition) is 4. The molecule has 1 heterocycles. The molecule has 1 N–H and O–H groups in total. The number of nitrogens with zero attached hydrogens (tertiary/aromatic N) is 1. The Labute approximate surface area is 186 Å². The number of amides is 1. The standard InChI is InChI=1S/C24H29F3N2O3/c1-31-22-8-4-3-7-20(22)21(29-13-5-2-6-14-29)15-28-23(30)19-11-9-18(10-12-19)16-32-17-24(25,26)27/h3-4,7-12,21H,2,5-6,13-17H2,1H3,(H,28,30). The van der Waals surface area contributed by atoms with Gasteiger partial charge in [0.15, 0.2) is 0 Å². The molecule has 0 saturated carbocycles. The van der Waals surface area contributed by atoms with Gasteiger partial charge in [-0.2, -0.15) is 13.2 Å². The fourth-order valence-corrected chi connectivity index (χ4v) is 3.94. The molecule has 1 saturated heterocycles. The van der Waals surface area contributed by atoms with Crippen LogP contribution in [0, 0.1) is 0 Å². The summed E-state index contributed by atoms with van der Waals surface area (Å²) in [5, 5.41) is 3.01. The molecule has 32 heavy (non-hydrogen) atoms. The first-order chi connectivity index (χ1) is 15.4. The summed E-state index contributed by atoms with van der Waals surface area (Å²) < 4.78 is 46.8. The molecule has 2 aromatic rings. The van der Waals surface area contributed by atoms with Gasteiger partial charge in [-0.1, -0.05) is 36.8 Å². The number of carbonyl (C=O) groups is 1. The van der Waals surface area contributed by atoms with Crippen LogP contribution in [0.25, 0.3) is 0 Å². The molecule has 0 aromatic heterocycles. The van der Waals surface area contributed by atoms with Crippen molar-refractivity contribution in [3.63, 3.8) is 0 Å². The lowest BCUT2D eigenvalue weighted by Gasteiger charge is -2.35. The highest BCUT2D eigenvalue weighted by atomic mass is 19.4. The van der Waals surface area contributed by atoms with E-state index < -0.39 is 12.8 Å². The number of piperidine rings is 1. The summed E-state index contributed by atoms with van der Waals surface area (Å²) >= 11 is 0. The van der Waals surface area contributed by atoms with Crippen LogP contribution in [0.1, 0.15) is 46.8 Å². The Bertz CT molecular complexity index is 866. The van der Waals surface area contributed by atoms with E-state index >= 15 is 0 Å². The number of carbonyl (C=O) groups excluding carboxylic acids is 1. The summed E-state index contributed by atoms with van der Waals surface area (Å²) in [5.74, 6) is 0.560. The predicted octanol–water partition coefficient (Wildman–Crippen LogP) is 4.73. The van der Waals surface area contributed by atoms with Crippen molar-refractivity contribution in [2.45, 2.75) is 38.1 Å². The van der Waals surface area contributed by atoms with Crippen molar-refractivity contribution in [3.8, 4) is 5.75 Å². The minimum atomic E-state index is -4.36. The largest absolute Gasteiger partial charge is 0.496 e. The van der Waals surface area contributed by atoms with Crippen LogP contribution in [-0.4, -0.2) is 50.3 Å². The zero-order valence-electron chi connectivity index (χ0n) is 18.2. The number of alkyl halides is 3. The summed E-state index contributed by atoms with van der Waals surface area (Å²) in [6.45, 7) is 0.897. The number of ether oxygens (including phenoxy) is 2. The average molecular weight is 451 g/mol. The van der Waals surface area contributed by atoms with Gasteiger partial charge in [-0.05, 0) is 49.7 Å². The molecular formula is C24H29F3N2O3. The van der Waals surface area contributed by atoms with Gasteiger partial charge in [0.1, 0.15) is 12.4 Å². The van der Waals surface area contributed by atoms with Gasteiger partial charge in [0, 0.05) is 17.7 Å². The maximum atomic E-state index is 12.7. The van der Waals surface area contributed by atoms with E-state index in [9.17, 15) is 18.0 Å². The number of benzene rings is 2. The maximum absolute atomic E-state index is 12.7. The fourth-order valence-electron chi connectivity index (χ4n) is 3.94. The number of nitrogens with one attached hydrogen (secondary N) is 1. The maximum Gasteiger partial charge on any atom is 0.411 e. The van der Waals surface area contributed by atoms with E-state index in [4.69, 9.17) is 4.74 Å². The molecule has 1 unspecified atom stereocenters. The third kappa shape index (κ3) is 6.97. The predicted molar refractivity (Wildman–Crippen MR) is 116 cm³/mol. The van der Waals surface area contributed by atoms with Crippen LogP contribution in [0.15, 0.2) is 48.5 Å². The topological polar surface area (TPSA) is 50.8 Å². The van der Waals surface area contributed by atoms with E-state index in [1.807, 2.05) is 24.3 Å². The van der Waals surface area contributed by atoms with Crippen molar-refractivity contribution < 1.29 is 27.4 Å². The van der Waals surface area contributed by atoms with Crippen molar-refractivity contribution in [3.05, 3.63) is 65.2 Å². The Balaban J connectivity index is 1.63. The fraction of sp³-hybridized carbons (Fsp3) is 0.458. The number of rotatable bonds is 9. The minimum absolute atomic E-state index is 0.00885. The van der Waals surface area contributed by atoms with E-state index in [0.29, 0.717) is 17.7 Å². The Morgan fingerprint density at radius 2 is 1.75 bits per heavy atom. The molecule has 174 valence electrons. The molecule has 1 atom stereocenters. The smallest absolute Gasteiger partial charge is 0.411 e. The number of halogens is 3. The number of methoxy groups -OCH3 is 1. The highest BCUT2D eigenvalue weighted by Crippen LogP contribution is 2.31. The van der Waals surface area contributed by atoms with Gasteiger partial charge in [-0.3, -0.25) is 9.69 Å². The molecule has 0 bridgehead atoms. The van der Waals surface area contributed by atoms with Gasteiger partial charge < -0.3 is 14.8 Å². The molecule has 1 aliphatic heterocycles. The molecule has 1 aliphatic rings. The van der Waals surface area contributed by atoms with Crippen LogP contribution in [0.2, 0.25) is 0 Å². The van der Waals surface area contributed by atoms with E-state index in [-0.39, 0.29) is 18.6 Å². The molecule has 0 radical (unpaired) electrons. The second-order valence-corrected chi connectivity index (χ2v) is 7.87. The number of likely N-dealkylation sites (tertiary alicyclic amines) is 1. The van der Waals surface area contributed by atoms with Gasteiger partial charge in [-0.25, -0.2) is 0 Å². The highest BCUT2D eigenvalue weighted by Gasteiger charge is 2.27. The van der Waals surface area contributed by atoms with Crippen LogP contribution in [-0.2, 0) is 11.3 Å². The van der Waals surface area contributed by atoms with E-state index in [1.54, 1.807) is 31.4 Å². The number of para-hydroxylation sites is 1. The van der Waals surface area contributed by atoms with Crippen molar-refractivity contribution in [2.75, 3.05) is 33.4 Å². The van der Waals surface area contributed by atoms with Crippen molar-refractivity contribution in [2.24, 2.45) is 0 Å². The first-order valence-corrected chi connectivity index (χ1v) is 10.8. The van der Waals surface area contributed by atoms with E-state index in [2.05, 4.69) is 15.0 Å². The van der Waals surface area contributed by atoms with Gasteiger partial charge in [0.25, 0.3) is 5.91 Å². The molecule has 0 spiro atoms. The molecular weight excluding hydrogens is 421 g/mol. The van der Waals surface area contributed by atoms with Crippen molar-refractivity contribution >= 4 is 5.91 Å². The minimum Gasteiger partial charge on any atom is -0.496 e. The quantitative estimate of drug-likeness (QED) is 0.600. The van der Waals surface area contributed by atoms with Crippen LogP contribution < -0.4 is 10.1 Å². The highest BCUT2D eigenvalue weighted by molar-refractivity contribution is 5.94. The van der Waals surface area contributed by atoms with Crippen LogP contribution in [0.5, 0.6) is 5.75 Å². The molecule has 5 nitrogen and oxygen atoms in total. The van der Waals surface area contributed by atoms with Crippen LogP contribution >= 0.6 is 0 Å². The lowest BCUT2D eigenvalue weighted by molar-refractivity contribution is -0.176. The zero-order chi connectivity index (χ0) is 23.0. The third-order valence-corrected chi connectivity index (χ3v) is 5.54. The molecule has 0 aliphatic carbocycles. The zero-order valence-corrected chi connectivity index (χ0v) is 18.2. The van der Waals surface area contributed by atoms with Gasteiger partial charge >= 0.3 is 6.18 Å². The van der Waals surface area contributed by atoms with Crippen molar-refractivity contribution in [1.82, 2.24) is 10.2 Å². The first-order valence-electron chi connectivity index (χ1n) is 10.8. The van der Waals surface area contributed by atoms with Crippen LogP contribution in [0.4, 0.5) is 13.2 Å². The summed E-state index contributed by atoms with van der Waals surface area (Å²) in [5.41, 5.74) is 2.06. The summed E-state index contributed by atoms with van der Waals surface area (Å²) in [6, 6.07) is 14.2. The van der Waals surface area contributed by atoms with Gasteiger partial charge in [0.05, 0.1) is 19.8 Å². The Morgan fingerprint density at radius 1 is 1.06 bits per heavy atom. The molecule has 3 rings (SSSR count). The molecule has 2 aromatic carbocycles. The Kier molecular flexibility index (Phi) is 8.53. The lowest BCUT2D eigenvalue weighted by Crippen LogP contribution is -2.40. The van der Waals surface area contributed by atoms with E-state index in [0.717, 1.165) is 37.2 Å². The average Bonchev–Trinajstić information content (AvgIpc) is 2.79. The lowest BCUT2D eigenvalue weighted by atomic mass is 10.0. The van der Waals surface area contributed by atoms with Gasteiger partial charge in [-0.15, -0.1) is 0 Å². The van der Waals surface area contributed by atoms with Crippen LogP contribution in [0.3, 0.4) is 0 Å². The van der Waals surface area contributed by atoms with Gasteiger partial charge in [0.2, 0.25) is 0 Å².